The van der Waals surface area contributed by atoms with Crippen LogP contribution < -0.4 is 0 Å². The highest BCUT2D eigenvalue weighted by molar-refractivity contribution is 5.06. The van der Waals surface area contributed by atoms with Crippen LogP contribution in [0.25, 0.3) is 0 Å². The summed E-state index contributed by atoms with van der Waals surface area (Å²) in [5.41, 5.74) is 0. The second-order valence-corrected chi connectivity index (χ2v) is 3.06. The van der Waals surface area contributed by atoms with E-state index in [2.05, 4.69) is 6.92 Å². The van der Waals surface area contributed by atoms with Crippen LogP contribution in [0.15, 0.2) is 11.5 Å². The van der Waals surface area contributed by atoms with E-state index in [1.165, 1.54) is 0 Å². The van der Waals surface area contributed by atoms with Crippen LogP contribution in [0, 0.1) is 0 Å². The van der Waals surface area contributed by atoms with Crippen molar-refractivity contribution in [1.82, 2.24) is 0 Å². The minimum Gasteiger partial charge on any atom is -0.494 e. The summed E-state index contributed by atoms with van der Waals surface area (Å²) >= 11 is 0. The van der Waals surface area contributed by atoms with E-state index in [9.17, 15) is 0 Å². The summed E-state index contributed by atoms with van der Waals surface area (Å²) in [6.45, 7) is 4.48. The van der Waals surface area contributed by atoms with Crippen molar-refractivity contribution in [3.8, 4) is 0 Å². The number of hydrogen-bond donors (Lipinski definition) is 0. The van der Waals surface area contributed by atoms with Gasteiger partial charge in [-0.3, -0.25) is 0 Å². The van der Waals surface area contributed by atoms with Gasteiger partial charge in [-0.25, -0.2) is 0 Å². The molecule has 2 aliphatic rings. The van der Waals surface area contributed by atoms with E-state index < -0.39 is 0 Å². The average molecular weight is 170 g/mol. The fourth-order valence-electron chi connectivity index (χ4n) is 1.16. The molecule has 1 atom stereocenters. The Morgan fingerprint density at radius 3 is 2.83 bits per heavy atom. The Labute approximate surface area is 72.3 Å². The summed E-state index contributed by atoms with van der Waals surface area (Å²) in [7, 11) is 0. The maximum absolute atomic E-state index is 5.55. The predicted molar refractivity (Wildman–Crippen MR) is 43.6 cm³/mol. The molecule has 0 aromatic heterocycles. The van der Waals surface area contributed by atoms with Gasteiger partial charge in [0.2, 0.25) is 0 Å². The van der Waals surface area contributed by atoms with Crippen molar-refractivity contribution in [3.63, 3.8) is 0 Å². The van der Waals surface area contributed by atoms with Crippen molar-refractivity contribution >= 4 is 0 Å². The number of hydrogen-bond acceptors (Lipinski definition) is 3. The molecule has 2 heterocycles. The summed E-state index contributed by atoms with van der Waals surface area (Å²) in [4.78, 5) is 0. The minimum absolute atomic E-state index is 0.340. The normalized spacial score (nSPS) is 30.2. The molecule has 68 valence electrons. The Hall–Kier alpha value is -0.700. The third kappa shape index (κ3) is 1.72. The molecule has 0 spiro atoms. The lowest BCUT2D eigenvalue weighted by molar-refractivity contribution is 0.0778. The van der Waals surface area contributed by atoms with E-state index in [1.54, 1.807) is 0 Å². The Balaban J connectivity index is 1.80. The molecule has 0 saturated carbocycles. The quantitative estimate of drug-likeness (QED) is 0.472. The molecule has 0 aliphatic carbocycles. The van der Waals surface area contributed by atoms with Crippen LogP contribution in [0.5, 0.6) is 0 Å². The molecule has 0 radical (unpaired) electrons. The second kappa shape index (κ2) is 3.35. The van der Waals surface area contributed by atoms with E-state index in [0.29, 0.717) is 12.7 Å². The Kier molecular flexibility index (Phi) is 2.21. The maximum Gasteiger partial charge on any atom is 0.137 e. The fourth-order valence-corrected chi connectivity index (χ4v) is 1.16. The molecule has 2 fully saturated rings. The summed E-state index contributed by atoms with van der Waals surface area (Å²) in [5, 5.41) is 0. The fraction of sp³-hybridized carbons (Fsp3) is 0.778. The van der Waals surface area contributed by atoms with Crippen LogP contribution >= 0.6 is 0 Å². The van der Waals surface area contributed by atoms with Gasteiger partial charge in [-0.05, 0) is 0 Å². The molecule has 0 amide bonds. The van der Waals surface area contributed by atoms with Gasteiger partial charge in [0.25, 0.3) is 0 Å². The molecule has 0 N–H and O–H groups in total. The highest BCUT2D eigenvalue weighted by Crippen LogP contribution is 2.24. The first-order valence-electron chi connectivity index (χ1n) is 4.49. The molecule has 0 aromatic rings. The smallest absolute Gasteiger partial charge is 0.137 e. The lowest BCUT2D eigenvalue weighted by Crippen LogP contribution is -2.14. The van der Waals surface area contributed by atoms with Crippen LogP contribution in [0.2, 0.25) is 0 Å². The summed E-state index contributed by atoms with van der Waals surface area (Å²) < 4.78 is 15.8. The van der Waals surface area contributed by atoms with Crippen molar-refractivity contribution in [3.05, 3.63) is 11.5 Å². The number of allylic oxidation sites excluding steroid dienone is 1. The van der Waals surface area contributed by atoms with Crippen LogP contribution in [-0.4, -0.2) is 25.9 Å². The van der Waals surface area contributed by atoms with Crippen molar-refractivity contribution in [2.75, 3.05) is 19.8 Å². The first kappa shape index (κ1) is 7.92. The highest BCUT2D eigenvalue weighted by Gasteiger charge is 2.24. The van der Waals surface area contributed by atoms with Gasteiger partial charge in [0.05, 0.1) is 13.2 Å². The average Bonchev–Trinajstić information content (AvgIpc) is 2.76. The van der Waals surface area contributed by atoms with Gasteiger partial charge in [-0.15, -0.1) is 0 Å². The summed E-state index contributed by atoms with van der Waals surface area (Å²) in [5.74, 6) is 2.05. The second-order valence-electron chi connectivity index (χ2n) is 3.06. The molecule has 2 rings (SSSR count). The zero-order chi connectivity index (χ0) is 8.39. The molecule has 2 saturated heterocycles. The van der Waals surface area contributed by atoms with Gasteiger partial charge in [0, 0.05) is 12.8 Å². The van der Waals surface area contributed by atoms with Gasteiger partial charge < -0.3 is 14.2 Å². The van der Waals surface area contributed by atoms with Crippen molar-refractivity contribution < 1.29 is 14.2 Å². The van der Waals surface area contributed by atoms with Crippen LogP contribution in [0.1, 0.15) is 19.8 Å². The molecule has 3 nitrogen and oxygen atoms in total. The molecule has 3 heteroatoms. The lowest BCUT2D eigenvalue weighted by Gasteiger charge is -2.22. The van der Waals surface area contributed by atoms with Gasteiger partial charge in [-0.1, -0.05) is 6.92 Å². The number of epoxide rings is 1. The summed E-state index contributed by atoms with van der Waals surface area (Å²) in [6, 6.07) is 0. The number of ether oxygens (including phenoxy) is 3. The van der Waals surface area contributed by atoms with Crippen molar-refractivity contribution in [1.29, 1.82) is 0 Å². The molecular weight excluding hydrogens is 156 g/mol. The monoisotopic (exact) mass is 170 g/mol. The number of rotatable bonds is 4. The van der Waals surface area contributed by atoms with E-state index in [4.69, 9.17) is 14.2 Å². The van der Waals surface area contributed by atoms with Crippen molar-refractivity contribution in [2.45, 2.75) is 25.9 Å². The van der Waals surface area contributed by atoms with Gasteiger partial charge >= 0.3 is 0 Å². The largest absolute Gasteiger partial charge is 0.494 e. The Bertz CT molecular complexity index is 188. The SMILES string of the molecule is CCC(OCC1CO1)=C1CCO1. The zero-order valence-electron chi connectivity index (χ0n) is 7.34. The van der Waals surface area contributed by atoms with Gasteiger partial charge in [0.1, 0.15) is 24.2 Å². The van der Waals surface area contributed by atoms with Crippen LogP contribution in [-0.2, 0) is 14.2 Å². The third-order valence-corrected chi connectivity index (χ3v) is 2.08. The van der Waals surface area contributed by atoms with E-state index in [-0.39, 0.29) is 0 Å². The maximum atomic E-state index is 5.55. The molecule has 12 heavy (non-hydrogen) atoms. The first-order valence-corrected chi connectivity index (χ1v) is 4.49. The van der Waals surface area contributed by atoms with Crippen molar-refractivity contribution in [2.24, 2.45) is 0 Å². The molecule has 2 aliphatic heterocycles. The first-order chi connectivity index (χ1) is 5.90. The summed E-state index contributed by atoms with van der Waals surface area (Å²) in [6.07, 6.45) is 2.30. The lowest BCUT2D eigenvalue weighted by atomic mass is 10.2. The minimum atomic E-state index is 0.340. The van der Waals surface area contributed by atoms with E-state index in [0.717, 1.165) is 37.6 Å². The zero-order valence-corrected chi connectivity index (χ0v) is 7.34. The van der Waals surface area contributed by atoms with Gasteiger partial charge in [0.15, 0.2) is 0 Å². The molecule has 1 unspecified atom stereocenters. The molecule has 0 aromatic carbocycles. The van der Waals surface area contributed by atoms with Crippen LogP contribution in [0.3, 0.4) is 0 Å². The molecular formula is C9H14O3. The molecule has 0 bridgehead atoms. The van der Waals surface area contributed by atoms with E-state index in [1.807, 2.05) is 0 Å². The van der Waals surface area contributed by atoms with E-state index >= 15 is 0 Å². The van der Waals surface area contributed by atoms with Crippen LogP contribution in [0.4, 0.5) is 0 Å². The Morgan fingerprint density at radius 2 is 2.42 bits per heavy atom. The Morgan fingerprint density at radius 1 is 1.67 bits per heavy atom. The van der Waals surface area contributed by atoms with Gasteiger partial charge in [-0.2, -0.15) is 0 Å². The standard InChI is InChI=1S/C9H14O3/c1-2-8(9-3-4-10-9)12-6-7-5-11-7/h7H,2-6H2,1H3. The predicted octanol–water partition coefficient (Wildman–Crippen LogP) is 1.44. The topological polar surface area (TPSA) is 31.0 Å². The third-order valence-electron chi connectivity index (χ3n) is 2.08. The highest BCUT2D eigenvalue weighted by atomic mass is 16.6.